The van der Waals surface area contributed by atoms with E-state index in [0.717, 1.165) is 19.3 Å². The zero-order valence-corrected chi connectivity index (χ0v) is 24.7. The van der Waals surface area contributed by atoms with Gasteiger partial charge in [0.05, 0.1) is 30.0 Å². The molecule has 5 nitrogen and oxygen atoms in total. The molecule has 0 aromatic carbocycles. The summed E-state index contributed by atoms with van der Waals surface area (Å²) >= 11 is 0. The molecule has 37 heavy (non-hydrogen) atoms. The zero-order valence-electron chi connectivity index (χ0n) is 24.7. The minimum absolute atomic E-state index is 0.0131. The maximum atomic E-state index is 11.0. The van der Waals surface area contributed by atoms with Crippen molar-refractivity contribution >= 4 is 0 Å². The molecule has 2 fully saturated rings. The molecule has 1 saturated heterocycles. The molecule has 1 aliphatic carbocycles. The lowest BCUT2D eigenvalue weighted by Crippen LogP contribution is -2.54. The van der Waals surface area contributed by atoms with E-state index in [0.29, 0.717) is 30.1 Å². The van der Waals surface area contributed by atoms with E-state index in [4.69, 9.17) is 9.47 Å². The largest absolute Gasteiger partial charge is 0.390 e. The Hall–Kier alpha value is -1.24. The van der Waals surface area contributed by atoms with Crippen molar-refractivity contribution in [2.24, 2.45) is 23.7 Å². The van der Waals surface area contributed by atoms with E-state index in [2.05, 4.69) is 76.0 Å². The summed E-state index contributed by atoms with van der Waals surface area (Å²) in [6.45, 7) is 14.7. The molecule has 0 amide bonds. The summed E-state index contributed by atoms with van der Waals surface area (Å²) in [6.07, 6.45) is 16.4. The van der Waals surface area contributed by atoms with Crippen LogP contribution >= 0.6 is 0 Å². The van der Waals surface area contributed by atoms with Crippen LogP contribution in [0.25, 0.3) is 0 Å². The maximum Gasteiger partial charge on any atom is 0.103 e. The molecular weight excluding hydrogens is 462 g/mol. The summed E-state index contributed by atoms with van der Waals surface area (Å²) in [6, 6.07) is 0.0131. The fourth-order valence-electron chi connectivity index (χ4n) is 6.10. The molecule has 0 unspecified atom stereocenters. The quantitative estimate of drug-likeness (QED) is 0.366. The van der Waals surface area contributed by atoms with Crippen LogP contribution in [0.2, 0.25) is 0 Å². The smallest absolute Gasteiger partial charge is 0.103 e. The number of nitrogens with zero attached hydrogens (tertiary/aromatic N) is 1. The van der Waals surface area contributed by atoms with E-state index < -0.39 is 11.7 Å². The van der Waals surface area contributed by atoms with Gasteiger partial charge in [-0.25, -0.2) is 0 Å². The second-order valence-corrected chi connectivity index (χ2v) is 12.8. The Balaban J connectivity index is 1.57. The van der Waals surface area contributed by atoms with Crippen LogP contribution in [0, 0.1) is 23.7 Å². The Labute approximate surface area is 226 Å². The standard InChI is InChI=1S/C32H53NO4/c1-10-28-21(3)12-15-29(37-28)22(4)17-20(2)11-13-25-23(5)26(25)14-16-30-31(34)27(33(8)9)18-24(36-30)19-32(6,7)35/h11-14,16-17,20,23-31,34-35H,10,15,18-19H2,1-9H3/t20-,23-,24+,25+,26+,27+,28-,29-,30+,31-/m1/s1. The van der Waals surface area contributed by atoms with E-state index in [1.54, 1.807) is 0 Å². The molecule has 3 aliphatic rings. The van der Waals surface area contributed by atoms with Crippen LogP contribution < -0.4 is 0 Å². The fourth-order valence-corrected chi connectivity index (χ4v) is 6.10. The van der Waals surface area contributed by atoms with Crippen LogP contribution in [0.5, 0.6) is 0 Å². The topological polar surface area (TPSA) is 62.2 Å². The van der Waals surface area contributed by atoms with Crippen molar-refractivity contribution in [2.75, 3.05) is 14.1 Å². The first-order chi connectivity index (χ1) is 17.3. The van der Waals surface area contributed by atoms with Crippen molar-refractivity contribution in [3.05, 3.63) is 47.6 Å². The number of allylic oxidation sites excluding steroid dienone is 4. The molecule has 0 aromatic heterocycles. The second-order valence-electron chi connectivity index (χ2n) is 12.8. The normalized spacial score (nSPS) is 38.4. The first-order valence-electron chi connectivity index (χ1n) is 14.4. The van der Waals surface area contributed by atoms with Gasteiger partial charge in [0.15, 0.2) is 0 Å². The average Bonchev–Trinajstić information content (AvgIpc) is 3.44. The number of ether oxygens (including phenoxy) is 2. The summed E-state index contributed by atoms with van der Waals surface area (Å²) in [5.74, 6) is 1.94. The monoisotopic (exact) mass is 515 g/mol. The van der Waals surface area contributed by atoms with Crippen LogP contribution in [-0.2, 0) is 9.47 Å². The van der Waals surface area contributed by atoms with Gasteiger partial charge in [0.2, 0.25) is 0 Å². The Morgan fingerprint density at radius 3 is 2.49 bits per heavy atom. The first kappa shape index (κ1) is 30.3. The number of aliphatic hydroxyl groups is 2. The lowest BCUT2D eigenvalue weighted by molar-refractivity contribution is -0.144. The van der Waals surface area contributed by atoms with E-state index >= 15 is 0 Å². The average molecular weight is 516 g/mol. The van der Waals surface area contributed by atoms with E-state index in [9.17, 15) is 10.2 Å². The molecule has 1 saturated carbocycles. The number of likely N-dealkylation sites (N-methyl/N-ethyl adjacent to an activating group) is 1. The van der Waals surface area contributed by atoms with Crippen LogP contribution in [0.1, 0.15) is 74.1 Å². The molecular formula is C32H53NO4. The van der Waals surface area contributed by atoms with Gasteiger partial charge < -0.3 is 24.6 Å². The number of aliphatic hydroxyl groups excluding tert-OH is 1. The Bertz CT molecular complexity index is 867. The van der Waals surface area contributed by atoms with Crippen molar-refractivity contribution in [3.8, 4) is 0 Å². The molecule has 2 aliphatic heterocycles. The third-order valence-electron chi connectivity index (χ3n) is 8.55. The fraction of sp³-hybridized carbons (Fsp3) is 0.750. The molecule has 2 N–H and O–H groups in total. The highest BCUT2D eigenvalue weighted by Crippen LogP contribution is 2.48. The van der Waals surface area contributed by atoms with Crippen LogP contribution in [0.3, 0.4) is 0 Å². The van der Waals surface area contributed by atoms with Gasteiger partial charge in [-0.2, -0.15) is 0 Å². The molecule has 10 atom stereocenters. The van der Waals surface area contributed by atoms with E-state index in [1.807, 2.05) is 27.9 Å². The minimum atomic E-state index is -0.793. The van der Waals surface area contributed by atoms with Gasteiger partial charge in [-0.15, -0.1) is 0 Å². The lowest BCUT2D eigenvalue weighted by Gasteiger charge is -2.42. The van der Waals surface area contributed by atoms with E-state index in [-0.39, 0.29) is 30.5 Å². The summed E-state index contributed by atoms with van der Waals surface area (Å²) in [5.41, 5.74) is 1.88. The SMILES string of the molecule is CC[C@H]1O[C@@H](C(C)=C[C@H](C)C=C[C@H]2[C@@H](C)[C@@H]2C=C[C@@H]2O[C@H](CC(C)(C)O)C[C@H](N(C)C)[C@H]2O)CC=C1C. The number of hydrogen-bond acceptors (Lipinski definition) is 5. The molecule has 0 bridgehead atoms. The zero-order chi connectivity index (χ0) is 27.5. The van der Waals surface area contributed by atoms with Crippen molar-refractivity contribution in [3.63, 3.8) is 0 Å². The van der Waals surface area contributed by atoms with Gasteiger partial charge in [0, 0.05) is 12.5 Å². The highest BCUT2D eigenvalue weighted by Gasteiger charge is 2.44. The van der Waals surface area contributed by atoms with Crippen LogP contribution in [0.4, 0.5) is 0 Å². The number of hydrogen-bond donors (Lipinski definition) is 2. The highest BCUT2D eigenvalue weighted by molar-refractivity contribution is 5.20. The molecule has 2 heterocycles. The summed E-state index contributed by atoms with van der Waals surface area (Å²) in [5, 5.41) is 21.3. The molecule has 0 spiro atoms. The van der Waals surface area contributed by atoms with Crippen LogP contribution in [-0.4, -0.2) is 71.4 Å². The summed E-state index contributed by atoms with van der Waals surface area (Å²) < 4.78 is 12.6. The third kappa shape index (κ3) is 8.37. The molecule has 0 radical (unpaired) electrons. The van der Waals surface area contributed by atoms with Crippen molar-refractivity contribution in [1.82, 2.24) is 4.90 Å². The molecule has 5 heteroatoms. The predicted molar refractivity (Wildman–Crippen MR) is 152 cm³/mol. The van der Waals surface area contributed by atoms with Crippen molar-refractivity contribution in [2.45, 2.75) is 116 Å². The van der Waals surface area contributed by atoms with Crippen molar-refractivity contribution < 1.29 is 19.7 Å². The summed E-state index contributed by atoms with van der Waals surface area (Å²) in [4.78, 5) is 2.08. The van der Waals surface area contributed by atoms with Gasteiger partial charge in [-0.05, 0) is 95.9 Å². The van der Waals surface area contributed by atoms with Crippen LogP contribution in [0.15, 0.2) is 47.6 Å². The Kier molecular flexibility index (Phi) is 10.4. The van der Waals surface area contributed by atoms with Gasteiger partial charge in [-0.3, -0.25) is 0 Å². The van der Waals surface area contributed by atoms with Gasteiger partial charge in [0.1, 0.15) is 6.10 Å². The van der Waals surface area contributed by atoms with Gasteiger partial charge in [-0.1, -0.05) is 57.2 Å². The maximum absolute atomic E-state index is 11.0. The van der Waals surface area contributed by atoms with Gasteiger partial charge in [0.25, 0.3) is 0 Å². The highest BCUT2D eigenvalue weighted by atomic mass is 16.5. The predicted octanol–water partition coefficient (Wildman–Crippen LogP) is 5.69. The Morgan fingerprint density at radius 2 is 1.86 bits per heavy atom. The molecule has 210 valence electrons. The summed E-state index contributed by atoms with van der Waals surface area (Å²) in [7, 11) is 4.00. The van der Waals surface area contributed by atoms with Gasteiger partial charge >= 0.3 is 0 Å². The molecule has 0 aromatic rings. The second kappa shape index (κ2) is 12.7. The Morgan fingerprint density at radius 1 is 1.19 bits per heavy atom. The molecule has 3 rings (SSSR count). The first-order valence-corrected chi connectivity index (χ1v) is 14.4. The minimum Gasteiger partial charge on any atom is -0.390 e. The number of rotatable bonds is 10. The van der Waals surface area contributed by atoms with E-state index in [1.165, 1.54) is 11.1 Å². The lowest BCUT2D eigenvalue weighted by atomic mass is 9.89. The third-order valence-corrected chi connectivity index (χ3v) is 8.55. The van der Waals surface area contributed by atoms with Crippen molar-refractivity contribution in [1.29, 1.82) is 0 Å².